The Labute approximate surface area is 84.0 Å². The quantitative estimate of drug-likeness (QED) is 0.430. The lowest BCUT2D eigenvalue weighted by Gasteiger charge is -1.97. The summed E-state index contributed by atoms with van der Waals surface area (Å²) in [5.74, 6) is -4.82. The van der Waals surface area contributed by atoms with Crippen LogP contribution in [0.5, 0.6) is 0 Å². The SMILES string of the molecule is COC(=O)/C=C/c1cc(F)c(F)c(F)c1. The number of methoxy groups -OCH3 is 1. The summed E-state index contributed by atoms with van der Waals surface area (Å²) in [5.41, 5.74) is 0.0387. The molecular weight excluding hydrogens is 209 g/mol. The number of benzene rings is 1. The molecule has 0 aliphatic carbocycles. The van der Waals surface area contributed by atoms with Crippen LogP contribution in [0.1, 0.15) is 5.56 Å². The molecule has 2 nitrogen and oxygen atoms in total. The number of halogens is 3. The molecule has 0 amide bonds. The highest BCUT2D eigenvalue weighted by atomic mass is 19.2. The van der Waals surface area contributed by atoms with Gasteiger partial charge in [0, 0.05) is 6.08 Å². The summed E-state index contributed by atoms with van der Waals surface area (Å²) in [4.78, 5) is 10.7. The average molecular weight is 216 g/mol. The van der Waals surface area contributed by atoms with E-state index in [1.807, 2.05) is 0 Å². The maximum atomic E-state index is 12.7. The van der Waals surface area contributed by atoms with Gasteiger partial charge in [-0.3, -0.25) is 0 Å². The van der Waals surface area contributed by atoms with E-state index in [1.165, 1.54) is 7.11 Å². The number of ether oxygens (including phenoxy) is 1. The van der Waals surface area contributed by atoms with Gasteiger partial charge in [-0.25, -0.2) is 18.0 Å². The molecule has 0 bridgehead atoms. The summed E-state index contributed by atoms with van der Waals surface area (Å²) in [5, 5.41) is 0. The Hall–Kier alpha value is -1.78. The molecule has 5 heteroatoms. The van der Waals surface area contributed by atoms with Crippen LogP contribution < -0.4 is 0 Å². The van der Waals surface area contributed by atoms with Gasteiger partial charge in [0.2, 0.25) is 0 Å². The average Bonchev–Trinajstić information content (AvgIpc) is 2.22. The Balaban J connectivity index is 2.97. The Morgan fingerprint density at radius 2 is 1.80 bits per heavy atom. The number of esters is 1. The Morgan fingerprint density at radius 1 is 1.27 bits per heavy atom. The van der Waals surface area contributed by atoms with E-state index in [0.717, 1.165) is 24.3 Å². The second-order valence-electron chi connectivity index (χ2n) is 2.66. The maximum absolute atomic E-state index is 12.7. The predicted molar refractivity (Wildman–Crippen MR) is 47.4 cm³/mol. The minimum Gasteiger partial charge on any atom is -0.466 e. The molecule has 0 aliphatic heterocycles. The minimum absolute atomic E-state index is 0.0387. The summed E-state index contributed by atoms with van der Waals surface area (Å²) in [6.07, 6.45) is 2.10. The molecule has 80 valence electrons. The van der Waals surface area contributed by atoms with Crippen molar-refractivity contribution in [3.05, 3.63) is 41.2 Å². The van der Waals surface area contributed by atoms with Crippen molar-refractivity contribution in [3.63, 3.8) is 0 Å². The van der Waals surface area contributed by atoms with Gasteiger partial charge < -0.3 is 4.74 Å². The van der Waals surface area contributed by atoms with Crippen molar-refractivity contribution in [2.45, 2.75) is 0 Å². The zero-order valence-corrected chi connectivity index (χ0v) is 7.76. The van der Waals surface area contributed by atoms with Crippen LogP contribution in [0.4, 0.5) is 13.2 Å². The third kappa shape index (κ3) is 2.83. The Kier molecular flexibility index (Phi) is 3.49. The van der Waals surface area contributed by atoms with Crippen LogP contribution >= 0.6 is 0 Å². The van der Waals surface area contributed by atoms with Crippen molar-refractivity contribution in [1.82, 2.24) is 0 Å². The summed E-state index contributed by atoms with van der Waals surface area (Å²) in [6.45, 7) is 0. The van der Waals surface area contributed by atoms with Gasteiger partial charge >= 0.3 is 5.97 Å². The third-order valence-electron chi connectivity index (χ3n) is 1.62. The van der Waals surface area contributed by atoms with Crippen molar-refractivity contribution in [1.29, 1.82) is 0 Å². The van der Waals surface area contributed by atoms with Gasteiger partial charge in [0.15, 0.2) is 17.5 Å². The number of hydrogen-bond donors (Lipinski definition) is 0. The Morgan fingerprint density at radius 3 is 2.27 bits per heavy atom. The second kappa shape index (κ2) is 4.63. The van der Waals surface area contributed by atoms with Gasteiger partial charge in [-0.2, -0.15) is 0 Å². The van der Waals surface area contributed by atoms with Crippen molar-refractivity contribution < 1.29 is 22.7 Å². The molecule has 15 heavy (non-hydrogen) atoms. The third-order valence-corrected chi connectivity index (χ3v) is 1.62. The molecule has 0 atom stereocenters. The van der Waals surface area contributed by atoms with E-state index in [9.17, 15) is 18.0 Å². The summed E-state index contributed by atoms with van der Waals surface area (Å²) in [7, 11) is 1.17. The molecule has 0 saturated heterocycles. The van der Waals surface area contributed by atoms with Crippen molar-refractivity contribution in [2.75, 3.05) is 7.11 Å². The zero-order chi connectivity index (χ0) is 11.4. The highest BCUT2D eigenvalue weighted by Gasteiger charge is 2.09. The standard InChI is InChI=1S/C10H7F3O2/c1-15-9(14)3-2-6-4-7(11)10(13)8(12)5-6/h2-5H,1H3/b3-2+. The van der Waals surface area contributed by atoms with Crippen LogP contribution in [-0.2, 0) is 9.53 Å². The highest BCUT2D eigenvalue weighted by molar-refractivity contribution is 5.86. The molecule has 0 heterocycles. The number of rotatable bonds is 2. The van der Waals surface area contributed by atoms with Gasteiger partial charge in [0.05, 0.1) is 7.11 Å². The molecule has 0 saturated carbocycles. The van der Waals surface area contributed by atoms with Gasteiger partial charge in [-0.05, 0) is 23.8 Å². The van der Waals surface area contributed by atoms with Gasteiger partial charge in [-0.1, -0.05) is 0 Å². The van der Waals surface area contributed by atoms with Gasteiger partial charge in [-0.15, -0.1) is 0 Å². The van der Waals surface area contributed by atoms with Crippen LogP contribution in [0, 0.1) is 17.5 Å². The van der Waals surface area contributed by atoms with Crippen molar-refractivity contribution in [2.24, 2.45) is 0 Å². The highest BCUT2D eigenvalue weighted by Crippen LogP contribution is 2.14. The first-order chi connectivity index (χ1) is 7.04. The molecule has 0 fully saturated rings. The van der Waals surface area contributed by atoms with Gasteiger partial charge in [0.1, 0.15) is 0 Å². The van der Waals surface area contributed by atoms with Crippen LogP contribution in [0.25, 0.3) is 6.08 Å². The van der Waals surface area contributed by atoms with Crippen molar-refractivity contribution in [3.8, 4) is 0 Å². The summed E-state index contributed by atoms with van der Waals surface area (Å²) >= 11 is 0. The monoisotopic (exact) mass is 216 g/mol. The first-order valence-corrected chi connectivity index (χ1v) is 3.95. The van der Waals surface area contributed by atoms with Crippen LogP contribution in [0.3, 0.4) is 0 Å². The fraction of sp³-hybridized carbons (Fsp3) is 0.100. The number of carbonyl (C=O) groups excluding carboxylic acids is 1. The van der Waals surface area contributed by atoms with Crippen molar-refractivity contribution >= 4 is 12.0 Å². The van der Waals surface area contributed by atoms with E-state index < -0.39 is 23.4 Å². The van der Waals surface area contributed by atoms with Gasteiger partial charge in [0.25, 0.3) is 0 Å². The molecule has 1 aromatic carbocycles. The second-order valence-corrected chi connectivity index (χ2v) is 2.66. The maximum Gasteiger partial charge on any atom is 0.330 e. The lowest BCUT2D eigenvalue weighted by molar-refractivity contribution is -0.134. The fourth-order valence-corrected chi connectivity index (χ4v) is 0.904. The topological polar surface area (TPSA) is 26.3 Å². The summed E-state index contributed by atoms with van der Waals surface area (Å²) < 4.78 is 42.1. The Bertz CT molecular complexity index is 390. The first kappa shape index (κ1) is 11.3. The lowest BCUT2D eigenvalue weighted by Crippen LogP contribution is -1.94. The molecule has 0 radical (unpaired) electrons. The first-order valence-electron chi connectivity index (χ1n) is 3.95. The molecule has 1 aromatic rings. The van der Waals surface area contributed by atoms with E-state index in [4.69, 9.17) is 0 Å². The zero-order valence-electron chi connectivity index (χ0n) is 7.76. The van der Waals surface area contributed by atoms with E-state index >= 15 is 0 Å². The molecule has 0 unspecified atom stereocenters. The smallest absolute Gasteiger partial charge is 0.330 e. The van der Waals surface area contributed by atoms with E-state index in [2.05, 4.69) is 4.74 Å². The molecule has 0 aromatic heterocycles. The predicted octanol–water partition coefficient (Wildman–Crippen LogP) is 2.29. The van der Waals surface area contributed by atoms with Crippen LogP contribution in [-0.4, -0.2) is 13.1 Å². The minimum atomic E-state index is -1.54. The number of carbonyl (C=O) groups is 1. The number of hydrogen-bond acceptors (Lipinski definition) is 2. The van der Waals surface area contributed by atoms with E-state index in [-0.39, 0.29) is 5.56 Å². The fourth-order valence-electron chi connectivity index (χ4n) is 0.904. The van der Waals surface area contributed by atoms with Crippen LogP contribution in [0.15, 0.2) is 18.2 Å². The largest absolute Gasteiger partial charge is 0.466 e. The normalized spacial score (nSPS) is 10.7. The van der Waals surface area contributed by atoms with E-state index in [0.29, 0.717) is 0 Å². The lowest BCUT2D eigenvalue weighted by atomic mass is 10.2. The molecule has 0 spiro atoms. The molecular formula is C10H7F3O2. The van der Waals surface area contributed by atoms with E-state index in [1.54, 1.807) is 0 Å². The van der Waals surface area contributed by atoms with Crippen LogP contribution in [0.2, 0.25) is 0 Å². The summed E-state index contributed by atoms with van der Waals surface area (Å²) in [6, 6.07) is 1.55. The molecule has 0 N–H and O–H groups in total. The molecule has 0 aliphatic rings. The molecule has 1 rings (SSSR count).